The molecule has 2 N–H and O–H groups in total. The van der Waals surface area contributed by atoms with Crippen LogP contribution in [0.5, 0.6) is 0 Å². The highest BCUT2D eigenvalue weighted by molar-refractivity contribution is 9.10. The van der Waals surface area contributed by atoms with Gasteiger partial charge in [-0.25, -0.2) is 0 Å². The summed E-state index contributed by atoms with van der Waals surface area (Å²) in [5.41, 5.74) is 10.3. The summed E-state index contributed by atoms with van der Waals surface area (Å²) in [6.45, 7) is 2.96. The van der Waals surface area contributed by atoms with Crippen LogP contribution in [0.4, 0.5) is 11.4 Å². The summed E-state index contributed by atoms with van der Waals surface area (Å²) in [6, 6.07) is 14.3. The molecule has 0 aliphatic rings. The minimum atomic E-state index is 0.798. The van der Waals surface area contributed by atoms with Crippen molar-refractivity contribution in [2.45, 2.75) is 13.5 Å². The van der Waals surface area contributed by atoms with E-state index in [2.05, 4.69) is 59.1 Å². The van der Waals surface area contributed by atoms with E-state index in [0.717, 1.165) is 16.7 Å². The molecule has 2 aromatic rings. The van der Waals surface area contributed by atoms with Crippen LogP contribution in [0.25, 0.3) is 0 Å². The molecule has 0 aromatic heterocycles. The Morgan fingerprint density at radius 1 is 1.17 bits per heavy atom. The van der Waals surface area contributed by atoms with Crippen LogP contribution in [0.15, 0.2) is 46.9 Å². The molecule has 0 atom stereocenters. The van der Waals surface area contributed by atoms with Gasteiger partial charge in [0, 0.05) is 29.4 Å². The maximum absolute atomic E-state index is 5.83. The normalized spacial score (nSPS) is 10.4. The number of nitrogens with zero attached hydrogens (tertiary/aromatic N) is 1. The molecule has 94 valence electrons. The monoisotopic (exact) mass is 304 g/mol. The SMILES string of the molecule is Cc1ccccc1N(C)Cc1cc(N)ccc1Br. The van der Waals surface area contributed by atoms with Crippen molar-refractivity contribution < 1.29 is 0 Å². The first-order valence-corrected chi connectivity index (χ1v) is 6.68. The number of hydrogen-bond donors (Lipinski definition) is 1. The number of hydrogen-bond acceptors (Lipinski definition) is 2. The summed E-state index contributed by atoms with van der Waals surface area (Å²) >= 11 is 3.57. The second kappa shape index (κ2) is 5.44. The Morgan fingerprint density at radius 2 is 1.89 bits per heavy atom. The van der Waals surface area contributed by atoms with Crippen LogP contribution in [0, 0.1) is 6.92 Å². The molecule has 0 aliphatic carbocycles. The summed E-state index contributed by atoms with van der Waals surface area (Å²) in [6.07, 6.45) is 0. The average molecular weight is 305 g/mol. The molecule has 0 unspecified atom stereocenters. The van der Waals surface area contributed by atoms with Crippen LogP contribution in [0.3, 0.4) is 0 Å². The number of para-hydroxylation sites is 1. The summed E-state index contributed by atoms with van der Waals surface area (Å²) < 4.78 is 1.09. The third kappa shape index (κ3) is 2.85. The first-order valence-electron chi connectivity index (χ1n) is 5.88. The number of aryl methyl sites for hydroxylation is 1. The molecular formula is C15H17BrN2. The van der Waals surface area contributed by atoms with E-state index in [9.17, 15) is 0 Å². The van der Waals surface area contributed by atoms with Crippen LogP contribution in [0.2, 0.25) is 0 Å². The molecule has 0 amide bonds. The van der Waals surface area contributed by atoms with Crippen molar-refractivity contribution in [3.63, 3.8) is 0 Å². The van der Waals surface area contributed by atoms with Crippen molar-refractivity contribution in [3.8, 4) is 0 Å². The second-order valence-electron chi connectivity index (χ2n) is 4.49. The molecule has 2 aromatic carbocycles. The Hall–Kier alpha value is -1.48. The van der Waals surface area contributed by atoms with Crippen LogP contribution < -0.4 is 10.6 Å². The number of nitrogen functional groups attached to an aromatic ring is 1. The lowest BCUT2D eigenvalue weighted by molar-refractivity contribution is 0.913. The molecule has 0 saturated heterocycles. The maximum atomic E-state index is 5.83. The van der Waals surface area contributed by atoms with Crippen LogP contribution in [-0.2, 0) is 6.54 Å². The Labute approximate surface area is 117 Å². The molecular weight excluding hydrogens is 288 g/mol. The van der Waals surface area contributed by atoms with Gasteiger partial charge < -0.3 is 10.6 Å². The number of rotatable bonds is 3. The smallest absolute Gasteiger partial charge is 0.0438 e. The van der Waals surface area contributed by atoms with Crippen molar-refractivity contribution in [3.05, 3.63) is 58.1 Å². The first kappa shape index (κ1) is 13.0. The number of nitrogens with two attached hydrogens (primary N) is 1. The third-order valence-corrected chi connectivity index (χ3v) is 3.78. The molecule has 0 fully saturated rings. The lowest BCUT2D eigenvalue weighted by Gasteiger charge is -2.22. The van der Waals surface area contributed by atoms with Gasteiger partial charge in [-0.3, -0.25) is 0 Å². The highest BCUT2D eigenvalue weighted by Gasteiger charge is 2.07. The molecule has 0 spiro atoms. The van der Waals surface area contributed by atoms with Crippen LogP contribution in [-0.4, -0.2) is 7.05 Å². The van der Waals surface area contributed by atoms with E-state index in [-0.39, 0.29) is 0 Å². The highest BCUT2D eigenvalue weighted by atomic mass is 79.9. The van der Waals surface area contributed by atoms with Gasteiger partial charge in [-0.05, 0) is 42.3 Å². The molecule has 0 bridgehead atoms. The van der Waals surface area contributed by atoms with Gasteiger partial charge in [-0.15, -0.1) is 0 Å². The molecule has 2 rings (SSSR count). The highest BCUT2D eigenvalue weighted by Crippen LogP contribution is 2.24. The lowest BCUT2D eigenvalue weighted by atomic mass is 10.1. The van der Waals surface area contributed by atoms with Crippen molar-refractivity contribution in [1.82, 2.24) is 0 Å². The molecule has 2 nitrogen and oxygen atoms in total. The molecule has 3 heteroatoms. The summed E-state index contributed by atoms with van der Waals surface area (Å²) in [7, 11) is 2.10. The van der Waals surface area contributed by atoms with E-state index >= 15 is 0 Å². The fraction of sp³-hybridized carbons (Fsp3) is 0.200. The summed E-state index contributed by atoms with van der Waals surface area (Å²) in [5.74, 6) is 0. The van der Waals surface area contributed by atoms with Crippen molar-refractivity contribution in [2.75, 3.05) is 17.7 Å². The Kier molecular flexibility index (Phi) is 3.92. The minimum Gasteiger partial charge on any atom is -0.399 e. The van der Waals surface area contributed by atoms with Gasteiger partial charge in [0.05, 0.1) is 0 Å². The van der Waals surface area contributed by atoms with Crippen molar-refractivity contribution >= 4 is 27.3 Å². The van der Waals surface area contributed by atoms with E-state index < -0.39 is 0 Å². The van der Waals surface area contributed by atoms with Crippen molar-refractivity contribution in [2.24, 2.45) is 0 Å². The van der Waals surface area contributed by atoms with Gasteiger partial charge >= 0.3 is 0 Å². The quantitative estimate of drug-likeness (QED) is 0.869. The predicted octanol–water partition coefficient (Wildman–Crippen LogP) is 3.98. The Balaban J connectivity index is 2.24. The van der Waals surface area contributed by atoms with Gasteiger partial charge in [0.15, 0.2) is 0 Å². The predicted molar refractivity (Wildman–Crippen MR) is 81.8 cm³/mol. The largest absolute Gasteiger partial charge is 0.399 e. The van der Waals surface area contributed by atoms with Gasteiger partial charge in [-0.1, -0.05) is 34.1 Å². The first-order chi connectivity index (χ1) is 8.58. The fourth-order valence-corrected chi connectivity index (χ4v) is 2.42. The molecule has 0 heterocycles. The van der Waals surface area contributed by atoms with Gasteiger partial charge in [0.25, 0.3) is 0 Å². The summed E-state index contributed by atoms with van der Waals surface area (Å²) in [5, 5.41) is 0. The number of benzene rings is 2. The van der Waals surface area contributed by atoms with Gasteiger partial charge in [0.1, 0.15) is 0 Å². The van der Waals surface area contributed by atoms with Crippen LogP contribution >= 0.6 is 15.9 Å². The lowest BCUT2D eigenvalue weighted by Crippen LogP contribution is -2.17. The zero-order valence-corrected chi connectivity index (χ0v) is 12.2. The van der Waals surface area contributed by atoms with E-state index in [1.165, 1.54) is 16.8 Å². The number of anilines is 2. The van der Waals surface area contributed by atoms with Gasteiger partial charge in [0.2, 0.25) is 0 Å². The molecule has 0 saturated carbocycles. The average Bonchev–Trinajstić information content (AvgIpc) is 2.34. The Bertz CT molecular complexity index is 552. The van der Waals surface area contributed by atoms with E-state index in [4.69, 9.17) is 5.73 Å². The fourth-order valence-electron chi connectivity index (χ4n) is 2.05. The van der Waals surface area contributed by atoms with Gasteiger partial charge in [-0.2, -0.15) is 0 Å². The Morgan fingerprint density at radius 3 is 2.61 bits per heavy atom. The molecule has 0 aliphatic heterocycles. The molecule has 0 radical (unpaired) electrons. The van der Waals surface area contributed by atoms with Crippen LogP contribution in [0.1, 0.15) is 11.1 Å². The zero-order chi connectivity index (χ0) is 13.1. The minimum absolute atomic E-state index is 0.798. The zero-order valence-electron chi connectivity index (χ0n) is 10.7. The van der Waals surface area contributed by atoms with Crippen molar-refractivity contribution in [1.29, 1.82) is 0 Å². The number of halogens is 1. The van der Waals surface area contributed by atoms with E-state index in [1.807, 2.05) is 18.2 Å². The third-order valence-electron chi connectivity index (χ3n) is 3.00. The van der Waals surface area contributed by atoms with E-state index in [0.29, 0.717) is 0 Å². The van der Waals surface area contributed by atoms with E-state index in [1.54, 1.807) is 0 Å². The standard InChI is InChI=1S/C15H17BrN2/c1-11-5-3-4-6-15(11)18(2)10-12-9-13(17)7-8-14(12)16/h3-9H,10,17H2,1-2H3. The second-order valence-corrected chi connectivity index (χ2v) is 5.35. The topological polar surface area (TPSA) is 29.3 Å². The maximum Gasteiger partial charge on any atom is 0.0438 e. The molecule has 18 heavy (non-hydrogen) atoms. The summed E-state index contributed by atoms with van der Waals surface area (Å²) in [4.78, 5) is 2.23.